The Morgan fingerprint density at radius 2 is 2.08 bits per heavy atom. The molecule has 0 N–H and O–H groups in total. The molecule has 0 radical (unpaired) electrons. The Morgan fingerprint density at radius 3 is 2.85 bits per heavy atom. The number of nitrogens with zero attached hydrogens (tertiary/aromatic N) is 4. The number of piperidine rings is 1. The van der Waals surface area contributed by atoms with Crippen molar-refractivity contribution >= 4 is 23.1 Å². The van der Waals surface area contributed by atoms with Crippen molar-refractivity contribution in [2.75, 3.05) is 24.5 Å². The number of thiophene rings is 1. The molecule has 2 aliphatic rings. The number of hydrogen-bond donors (Lipinski definition) is 0. The average Bonchev–Trinajstić information content (AvgIpc) is 3.15. The lowest BCUT2D eigenvalue weighted by Crippen LogP contribution is -2.44. The van der Waals surface area contributed by atoms with E-state index in [-0.39, 0.29) is 5.92 Å². The summed E-state index contributed by atoms with van der Waals surface area (Å²) in [6.07, 6.45) is 2.63. The van der Waals surface area contributed by atoms with Crippen LogP contribution in [0.4, 0.5) is 5.82 Å². The van der Waals surface area contributed by atoms with E-state index in [2.05, 4.69) is 27.4 Å². The highest BCUT2D eigenvalue weighted by Crippen LogP contribution is 2.29. The largest absolute Gasteiger partial charge is 0.355 e. The first-order valence-corrected chi connectivity index (χ1v) is 10.0. The Labute approximate surface area is 157 Å². The molecule has 1 fully saturated rings. The predicted molar refractivity (Wildman–Crippen MR) is 102 cm³/mol. The van der Waals surface area contributed by atoms with E-state index in [1.807, 2.05) is 24.0 Å². The van der Waals surface area contributed by atoms with Crippen molar-refractivity contribution in [1.82, 2.24) is 9.88 Å². The zero-order valence-electron chi connectivity index (χ0n) is 14.9. The lowest BCUT2D eigenvalue weighted by Gasteiger charge is -2.36. The summed E-state index contributed by atoms with van der Waals surface area (Å²) in [7, 11) is 0. The van der Waals surface area contributed by atoms with E-state index in [1.54, 1.807) is 11.3 Å². The van der Waals surface area contributed by atoms with Gasteiger partial charge in [-0.25, -0.2) is 4.98 Å². The number of carbonyl (C=O) groups excluding carboxylic acids is 1. The predicted octanol–water partition coefficient (Wildman–Crippen LogP) is 3.12. The fraction of sp³-hybridized carbons (Fsp3) is 0.450. The van der Waals surface area contributed by atoms with Gasteiger partial charge in [0.05, 0.1) is 5.56 Å². The third-order valence-electron chi connectivity index (χ3n) is 5.40. The minimum atomic E-state index is 0.0850. The van der Waals surface area contributed by atoms with Gasteiger partial charge in [-0.3, -0.25) is 4.79 Å². The molecule has 1 saturated heterocycles. The van der Waals surface area contributed by atoms with Crippen LogP contribution in [0, 0.1) is 24.2 Å². The third-order valence-corrected chi connectivity index (χ3v) is 6.42. The van der Waals surface area contributed by atoms with Gasteiger partial charge in [-0.15, -0.1) is 11.3 Å². The summed E-state index contributed by atoms with van der Waals surface area (Å²) >= 11 is 1.80. The van der Waals surface area contributed by atoms with Crippen molar-refractivity contribution in [3.05, 3.63) is 45.3 Å². The molecule has 0 atom stereocenters. The van der Waals surface area contributed by atoms with Gasteiger partial charge in [-0.1, -0.05) is 0 Å². The van der Waals surface area contributed by atoms with Crippen LogP contribution >= 0.6 is 11.3 Å². The zero-order chi connectivity index (χ0) is 18.1. The molecule has 2 aliphatic heterocycles. The Kier molecular flexibility index (Phi) is 4.64. The normalized spacial score (nSPS) is 17.7. The van der Waals surface area contributed by atoms with Crippen molar-refractivity contribution in [3.8, 4) is 6.07 Å². The molecule has 4 heterocycles. The summed E-state index contributed by atoms with van der Waals surface area (Å²) in [4.78, 5) is 23.1. The van der Waals surface area contributed by atoms with E-state index >= 15 is 0 Å². The first-order valence-electron chi connectivity index (χ1n) is 9.12. The maximum absolute atomic E-state index is 12.9. The van der Waals surface area contributed by atoms with Crippen molar-refractivity contribution in [2.45, 2.75) is 32.7 Å². The third kappa shape index (κ3) is 3.19. The highest BCUT2D eigenvalue weighted by atomic mass is 32.1. The number of hydrogen-bond acceptors (Lipinski definition) is 5. The maximum Gasteiger partial charge on any atom is 0.226 e. The SMILES string of the molecule is Cc1ccc(C#N)c(N2CCC(C(=O)N3CCc4sccc4C3)CC2)n1. The Bertz CT molecular complexity index is 861. The summed E-state index contributed by atoms with van der Waals surface area (Å²) in [5.41, 5.74) is 2.84. The highest BCUT2D eigenvalue weighted by Gasteiger charge is 2.31. The summed E-state index contributed by atoms with van der Waals surface area (Å²) in [5.74, 6) is 1.14. The number of rotatable bonds is 2. The fourth-order valence-electron chi connectivity index (χ4n) is 3.90. The second-order valence-electron chi connectivity index (χ2n) is 7.08. The molecule has 4 rings (SSSR count). The molecule has 1 amide bonds. The monoisotopic (exact) mass is 366 g/mol. The number of fused-ring (bicyclic) bond motifs is 1. The molecular weight excluding hydrogens is 344 g/mol. The van der Waals surface area contributed by atoms with Crippen LogP contribution < -0.4 is 4.90 Å². The van der Waals surface area contributed by atoms with E-state index in [1.165, 1.54) is 10.4 Å². The maximum atomic E-state index is 12.9. The molecule has 0 saturated carbocycles. The number of aryl methyl sites for hydroxylation is 1. The van der Waals surface area contributed by atoms with Crippen LogP contribution in [0.5, 0.6) is 0 Å². The second kappa shape index (κ2) is 7.08. The first kappa shape index (κ1) is 17.0. The van der Waals surface area contributed by atoms with Crippen LogP contribution in [-0.4, -0.2) is 35.4 Å². The van der Waals surface area contributed by atoms with E-state index < -0.39 is 0 Å². The molecular formula is C20H22N4OS. The van der Waals surface area contributed by atoms with Crippen molar-refractivity contribution in [1.29, 1.82) is 5.26 Å². The molecule has 26 heavy (non-hydrogen) atoms. The van der Waals surface area contributed by atoms with Gasteiger partial charge >= 0.3 is 0 Å². The standard InChI is InChI=1S/C20H22N4OS/c1-14-2-3-16(12-21)19(22-14)23-8-4-15(5-9-23)20(25)24-10-6-18-17(13-24)7-11-26-18/h2-3,7,11,15H,4-6,8-10,13H2,1H3. The summed E-state index contributed by atoms with van der Waals surface area (Å²) in [6, 6.07) is 8.08. The Hall–Kier alpha value is -2.39. The molecule has 0 aliphatic carbocycles. The van der Waals surface area contributed by atoms with Gasteiger partial charge < -0.3 is 9.80 Å². The van der Waals surface area contributed by atoms with Crippen LogP contribution in [0.3, 0.4) is 0 Å². The molecule has 2 aromatic heterocycles. The molecule has 5 nitrogen and oxygen atoms in total. The highest BCUT2D eigenvalue weighted by molar-refractivity contribution is 7.10. The quantitative estimate of drug-likeness (QED) is 0.819. The van der Waals surface area contributed by atoms with Gasteiger partial charge in [0, 0.05) is 42.7 Å². The first-order chi connectivity index (χ1) is 12.7. The van der Waals surface area contributed by atoms with Gasteiger partial charge in [-0.2, -0.15) is 5.26 Å². The molecule has 2 aromatic rings. The van der Waals surface area contributed by atoms with Gasteiger partial charge in [0.15, 0.2) is 0 Å². The molecule has 134 valence electrons. The Morgan fingerprint density at radius 1 is 1.27 bits per heavy atom. The lowest BCUT2D eigenvalue weighted by atomic mass is 9.94. The Balaban J connectivity index is 1.40. The molecule has 6 heteroatoms. The van der Waals surface area contributed by atoms with Crippen LogP contribution in [0.2, 0.25) is 0 Å². The molecule has 0 unspecified atom stereocenters. The second-order valence-corrected chi connectivity index (χ2v) is 8.08. The van der Waals surface area contributed by atoms with Crippen LogP contribution in [0.25, 0.3) is 0 Å². The topological polar surface area (TPSA) is 60.2 Å². The lowest BCUT2D eigenvalue weighted by molar-refractivity contribution is -0.137. The van der Waals surface area contributed by atoms with E-state index in [4.69, 9.17) is 0 Å². The van der Waals surface area contributed by atoms with Gasteiger partial charge in [0.25, 0.3) is 0 Å². The van der Waals surface area contributed by atoms with E-state index in [9.17, 15) is 10.1 Å². The van der Waals surface area contributed by atoms with Crippen molar-refractivity contribution in [3.63, 3.8) is 0 Å². The summed E-state index contributed by atoms with van der Waals surface area (Å²) in [6.45, 7) is 5.09. The van der Waals surface area contributed by atoms with Crippen LogP contribution in [0.1, 0.15) is 34.5 Å². The number of aromatic nitrogens is 1. The number of nitriles is 1. The van der Waals surface area contributed by atoms with Crippen LogP contribution in [-0.2, 0) is 17.8 Å². The van der Waals surface area contributed by atoms with E-state index in [0.717, 1.165) is 57.0 Å². The zero-order valence-corrected chi connectivity index (χ0v) is 15.8. The summed E-state index contributed by atoms with van der Waals surface area (Å²) in [5, 5.41) is 11.5. The van der Waals surface area contributed by atoms with Gasteiger partial charge in [0.1, 0.15) is 11.9 Å². The van der Waals surface area contributed by atoms with Gasteiger partial charge in [-0.05, 0) is 55.3 Å². The minimum absolute atomic E-state index is 0.0850. The number of amides is 1. The molecule has 0 spiro atoms. The van der Waals surface area contributed by atoms with Crippen molar-refractivity contribution in [2.24, 2.45) is 5.92 Å². The van der Waals surface area contributed by atoms with Crippen molar-refractivity contribution < 1.29 is 4.79 Å². The number of carbonyl (C=O) groups is 1. The number of anilines is 1. The fourth-order valence-corrected chi connectivity index (χ4v) is 4.79. The van der Waals surface area contributed by atoms with Crippen LogP contribution in [0.15, 0.2) is 23.6 Å². The average molecular weight is 366 g/mol. The summed E-state index contributed by atoms with van der Waals surface area (Å²) < 4.78 is 0. The smallest absolute Gasteiger partial charge is 0.226 e. The van der Waals surface area contributed by atoms with Gasteiger partial charge in [0.2, 0.25) is 5.91 Å². The number of pyridine rings is 1. The van der Waals surface area contributed by atoms with E-state index in [0.29, 0.717) is 11.5 Å². The molecule has 0 aromatic carbocycles. The minimum Gasteiger partial charge on any atom is -0.355 e. The molecule has 0 bridgehead atoms.